The van der Waals surface area contributed by atoms with Crippen LogP contribution in [0.25, 0.3) is 50.6 Å². The highest BCUT2D eigenvalue weighted by molar-refractivity contribution is 5.93. The minimum atomic E-state index is -0.0534. The Balaban J connectivity index is 1.01. The summed E-state index contributed by atoms with van der Waals surface area (Å²) in [4.78, 5) is 16.0. The summed E-state index contributed by atoms with van der Waals surface area (Å²) in [6, 6.07) is 44.5. The molecule has 3 heteroatoms. The van der Waals surface area contributed by atoms with E-state index in [4.69, 9.17) is 15.0 Å². The second-order valence-corrected chi connectivity index (χ2v) is 17.6. The molecule has 4 fully saturated rings. The highest BCUT2D eigenvalue weighted by Crippen LogP contribution is 2.75. The highest BCUT2D eigenvalue weighted by atomic mass is 15.0. The topological polar surface area (TPSA) is 38.7 Å². The summed E-state index contributed by atoms with van der Waals surface area (Å²) >= 11 is 0. The van der Waals surface area contributed by atoms with Crippen LogP contribution in [-0.2, 0) is 10.8 Å². The molecule has 13 rings (SSSR count). The van der Waals surface area contributed by atoms with Gasteiger partial charge in [0.25, 0.3) is 0 Å². The van der Waals surface area contributed by atoms with E-state index >= 15 is 0 Å². The number of nitrogens with zero attached hydrogens (tertiary/aromatic N) is 3. The summed E-state index contributed by atoms with van der Waals surface area (Å²) < 4.78 is 0. The van der Waals surface area contributed by atoms with E-state index in [1.165, 1.54) is 70.2 Å². The van der Waals surface area contributed by atoms with Gasteiger partial charge in [-0.1, -0.05) is 147 Å². The Labute approximate surface area is 318 Å². The van der Waals surface area contributed by atoms with Gasteiger partial charge in [0.1, 0.15) is 0 Å². The summed E-state index contributed by atoms with van der Waals surface area (Å²) in [6.45, 7) is 4.70. The molecular weight excluding hydrogens is 655 g/mol. The van der Waals surface area contributed by atoms with Crippen molar-refractivity contribution in [3.8, 4) is 45.0 Å². The molecule has 7 aliphatic carbocycles. The third-order valence-electron chi connectivity index (χ3n) is 14.9. The smallest absolute Gasteiger partial charge is 0.164 e. The van der Waals surface area contributed by atoms with Crippen molar-refractivity contribution in [2.24, 2.45) is 29.6 Å². The summed E-state index contributed by atoms with van der Waals surface area (Å²) in [5, 5.41) is 0. The Kier molecular flexibility index (Phi) is 6.35. The Bertz CT molecular complexity index is 2590. The monoisotopic (exact) mass is 697 g/mol. The molecule has 0 N–H and O–H groups in total. The lowest BCUT2D eigenvalue weighted by atomic mass is 9.56. The van der Waals surface area contributed by atoms with Crippen LogP contribution >= 0.6 is 0 Å². The van der Waals surface area contributed by atoms with Crippen molar-refractivity contribution in [2.75, 3.05) is 0 Å². The molecule has 7 atom stereocenters. The first-order chi connectivity index (χ1) is 26.5. The predicted octanol–water partition coefficient (Wildman–Crippen LogP) is 11.8. The maximum absolute atomic E-state index is 5.44. The lowest BCUT2D eigenvalue weighted by Gasteiger charge is -2.47. The zero-order valence-electron chi connectivity index (χ0n) is 30.9. The van der Waals surface area contributed by atoms with Crippen molar-refractivity contribution < 1.29 is 0 Å². The van der Waals surface area contributed by atoms with Crippen LogP contribution in [0.5, 0.6) is 0 Å². The number of hydrogen-bond acceptors (Lipinski definition) is 3. The molecule has 262 valence electrons. The Morgan fingerprint density at radius 3 is 2.13 bits per heavy atom. The van der Waals surface area contributed by atoms with Gasteiger partial charge in [-0.05, 0) is 106 Å². The first kappa shape index (κ1) is 31.0. The SMILES string of the molecule is CC1(C)c2ccccc2-c2c(-c3cccc(-c4nc(C5=CC=CC6C5c5ccccc5C65C6CC7CC(C6)C5C7)nc(-c5ccccc5)n4)c3)cccc21. The van der Waals surface area contributed by atoms with Gasteiger partial charge < -0.3 is 0 Å². The fraction of sp³-hybridized carbons (Fsp3) is 0.275. The molecule has 0 saturated heterocycles. The second-order valence-electron chi connectivity index (χ2n) is 17.6. The van der Waals surface area contributed by atoms with Crippen LogP contribution in [0, 0.1) is 29.6 Å². The van der Waals surface area contributed by atoms with Gasteiger partial charge in [-0.3, -0.25) is 0 Å². The normalized spacial score (nSPS) is 28.5. The molecule has 5 aromatic carbocycles. The van der Waals surface area contributed by atoms with Gasteiger partial charge in [0, 0.05) is 33.4 Å². The fourth-order valence-electron chi connectivity index (χ4n) is 13.0. The third-order valence-corrected chi connectivity index (χ3v) is 14.9. The number of aromatic nitrogens is 3. The lowest BCUT2D eigenvalue weighted by molar-refractivity contribution is 0.115. The molecule has 3 nitrogen and oxygen atoms in total. The first-order valence-electron chi connectivity index (χ1n) is 20.1. The number of rotatable bonds is 4. The van der Waals surface area contributed by atoms with Crippen molar-refractivity contribution in [1.29, 1.82) is 0 Å². The van der Waals surface area contributed by atoms with Gasteiger partial charge in [0.05, 0.1) is 0 Å². The van der Waals surface area contributed by atoms with E-state index in [0.717, 1.165) is 52.3 Å². The largest absolute Gasteiger partial charge is 0.208 e. The Morgan fingerprint density at radius 2 is 1.26 bits per heavy atom. The average molecular weight is 698 g/mol. The van der Waals surface area contributed by atoms with Crippen LogP contribution in [0.15, 0.2) is 140 Å². The lowest BCUT2D eigenvalue weighted by Crippen LogP contribution is -2.45. The molecule has 4 bridgehead atoms. The summed E-state index contributed by atoms with van der Waals surface area (Å²) in [6.07, 6.45) is 12.9. The van der Waals surface area contributed by atoms with Crippen molar-refractivity contribution >= 4 is 5.57 Å². The maximum atomic E-state index is 5.44. The molecule has 1 heterocycles. The number of hydrogen-bond donors (Lipinski definition) is 0. The van der Waals surface area contributed by atoms with E-state index < -0.39 is 0 Å². The van der Waals surface area contributed by atoms with Crippen LogP contribution in [0.3, 0.4) is 0 Å². The standard InChI is InChI=1S/C51H43N3/c1-50(2)40-21-8-6-17-37(40)45-36(19-11-23-42(45)50)32-15-10-16-33(28-32)48-52-47(31-13-4-3-5-14-31)53-49(54-48)39-20-12-24-43-46(39)38-18-7-9-22-41(38)51(43)35-26-30-25-34(29-35)44(51)27-30/h3-24,28,30,34-35,43-44,46H,25-27,29H2,1-2H3. The molecule has 1 spiro atoms. The molecular formula is C51H43N3. The number of benzene rings is 5. The van der Waals surface area contributed by atoms with Crippen molar-refractivity contribution in [1.82, 2.24) is 15.0 Å². The highest BCUT2D eigenvalue weighted by Gasteiger charge is 2.69. The van der Waals surface area contributed by atoms with Crippen LogP contribution in [0.2, 0.25) is 0 Å². The minimum Gasteiger partial charge on any atom is -0.208 e. The molecule has 6 aromatic rings. The van der Waals surface area contributed by atoms with Gasteiger partial charge in [-0.2, -0.15) is 0 Å². The first-order valence-corrected chi connectivity index (χ1v) is 20.1. The Morgan fingerprint density at radius 1 is 0.574 bits per heavy atom. The van der Waals surface area contributed by atoms with Gasteiger partial charge in [0.15, 0.2) is 17.5 Å². The van der Waals surface area contributed by atoms with E-state index in [-0.39, 0.29) is 16.7 Å². The van der Waals surface area contributed by atoms with Crippen molar-refractivity contribution in [3.05, 3.63) is 168 Å². The Hall–Kier alpha value is -5.41. The molecule has 7 aliphatic rings. The quantitative estimate of drug-likeness (QED) is 0.184. The van der Waals surface area contributed by atoms with Crippen molar-refractivity contribution in [2.45, 2.75) is 56.3 Å². The maximum Gasteiger partial charge on any atom is 0.164 e. The fourth-order valence-corrected chi connectivity index (χ4v) is 13.0. The van der Waals surface area contributed by atoms with E-state index in [1.807, 2.05) is 0 Å². The molecule has 4 saturated carbocycles. The van der Waals surface area contributed by atoms with E-state index in [0.29, 0.717) is 5.92 Å². The molecule has 7 unspecified atom stereocenters. The zero-order chi connectivity index (χ0) is 35.8. The number of fused-ring (bicyclic) bond motifs is 6. The molecule has 0 radical (unpaired) electrons. The summed E-state index contributed by atoms with van der Waals surface area (Å²) in [5.74, 6) is 6.31. The predicted molar refractivity (Wildman–Crippen MR) is 218 cm³/mol. The van der Waals surface area contributed by atoms with Crippen LogP contribution in [0.1, 0.15) is 73.5 Å². The summed E-state index contributed by atoms with van der Waals surface area (Å²) in [7, 11) is 0. The van der Waals surface area contributed by atoms with Gasteiger partial charge in [-0.15, -0.1) is 0 Å². The molecule has 0 amide bonds. The van der Waals surface area contributed by atoms with E-state index in [1.54, 1.807) is 5.56 Å². The second kappa shape index (κ2) is 11.1. The molecule has 54 heavy (non-hydrogen) atoms. The van der Waals surface area contributed by atoms with Crippen LogP contribution in [-0.4, -0.2) is 15.0 Å². The van der Waals surface area contributed by atoms with Gasteiger partial charge in [-0.25, -0.2) is 15.0 Å². The van der Waals surface area contributed by atoms with Crippen LogP contribution in [0.4, 0.5) is 0 Å². The van der Waals surface area contributed by atoms with Gasteiger partial charge >= 0.3 is 0 Å². The van der Waals surface area contributed by atoms with Crippen molar-refractivity contribution in [3.63, 3.8) is 0 Å². The molecule has 1 aromatic heterocycles. The van der Waals surface area contributed by atoms with Gasteiger partial charge in [0.2, 0.25) is 0 Å². The van der Waals surface area contributed by atoms with E-state index in [9.17, 15) is 0 Å². The van der Waals surface area contributed by atoms with E-state index in [2.05, 4.69) is 153 Å². The number of allylic oxidation sites excluding steroid dienone is 4. The third kappa shape index (κ3) is 4.05. The average Bonchev–Trinajstić information content (AvgIpc) is 3.85. The molecule has 0 aliphatic heterocycles. The zero-order valence-corrected chi connectivity index (χ0v) is 30.9. The summed E-state index contributed by atoms with van der Waals surface area (Å²) in [5.41, 5.74) is 14.4. The van der Waals surface area contributed by atoms with Crippen LogP contribution < -0.4 is 0 Å². The minimum absolute atomic E-state index is 0.0534.